The first-order chi connectivity index (χ1) is 11.5. The minimum atomic E-state index is -0.425. The quantitative estimate of drug-likeness (QED) is 0.678. The predicted octanol–water partition coefficient (Wildman–Crippen LogP) is 3.59. The third-order valence-electron chi connectivity index (χ3n) is 4.26. The van der Waals surface area contributed by atoms with E-state index < -0.39 is 4.92 Å². The summed E-state index contributed by atoms with van der Waals surface area (Å²) >= 11 is 6.30. The summed E-state index contributed by atoms with van der Waals surface area (Å²) in [5, 5.41) is 20.7. The van der Waals surface area contributed by atoms with Gasteiger partial charge in [0.1, 0.15) is 5.75 Å². The number of phenols is 1. The SMILES string of the molecule is Cc1cc([N+](=O)[O-])cc(Cl)c1N1CCN(c2ccc(O)cc2)CC1. The lowest BCUT2D eigenvalue weighted by atomic mass is 10.1. The van der Waals surface area contributed by atoms with Crippen LogP contribution in [0.25, 0.3) is 0 Å². The Morgan fingerprint density at radius 3 is 2.21 bits per heavy atom. The van der Waals surface area contributed by atoms with Crippen molar-refractivity contribution < 1.29 is 10.0 Å². The van der Waals surface area contributed by atoms with E-state index in [1.54, 1.807) is 18.2 Å². The number of phenolic OH excluding ortho intramolecular Hbond substituents is 1. The molecular weight excluding hydrogens is 330 g/mol. The van der Waals surface area contributed by atoms with Gasteiger partial charge in [0.15, 0.2) is 0 Å². The predicted molar refractivity (Wildman–Crippen MR) is 95.4 cm³/mol. The number of halogens is 1. The number of nitro benzene ring substituents is 1. The fourth-order valence-electron chi connectivity index (χ4n) is 3.08. The second-order valence-corrected chi connectivity index (χ2v) is 6.25. The molecule has 1 N–H and O–H groups in total. The number of hydrogen-bond donors (Lipinski definition) is 1. The van der Waals surface area contributed by atoms with Gasteiger partial charge in [0, 0.05) is 44.0 Å². The molecule has 2 aromatic carbocycles. The summed E-state index contributed by atoms with van der Waals surface area (Å²) < 4.78 is 0. The number of piperazine rings is 1. The Bertz CT molecular complexity index is 733. The fourth-order valence-corrected chi connectivity index (χ4v) is 3.46. The van der Waals surface area contributed by atoms with Gasteiger partial charge in [-0.3, -0.25) is 10.1 Å². The lowest BCUT2D eigenvalue weighted by Gasteiger charge is -2.38. The summed E-state index contributed by atoms with van der Waals surface area (Å²) in [5.74, 6) is 0.255. The molecule has 2 aromatic rings. The van der Waals surface area contributed by atoms with Crippen molar-refractivity contribution >= 4 is 28.7 Å². The molecule has 0 atom stereocenters. The number of aryl methyl sites for hydroxylation is 1. The molecule has 0 aromatic heterocycles. The molecule has 0 amide bonds. The van der Waals surface area contributed by atoms with Crippen LogP contribution in [-0.2, 0) is 0 Å². The van der Waals surface area contributed by atoms with Crippen LogP contribution in [0.15, 0.2) is 36.4 Å². The molecule has 0 bridgehead atoms. The number of rotatable bonds is 3. The van der Waals surface area contributed by atoms with E-state index in [1.165, 1.54) is 6.07 Å². The van der Waals surface area contributed by atoms with Crippen molar-refractivity contribution in [3.63, 3.8) is 0 Å². The maximum Gasteiger partial charge on any atom is 0.271 e. The lowest BCUT2D eigenvalue weighted by Crippen LogP contribution is -2.46. The van der Waals surface area contributed by atoms with Gasteiger partial charge < -0.3 is 14.9 Å². The van der Waals surface area contributed by atoms with Crippen LogP contribution >= 0.6 is 11.6 Å². The third kappa shape index (κ3) is 3.23. The Kier molecular flexibility index (Phi) is 4.49. The van der Waals surface area contributed by atoms with Gasteiger partial charge in [-0.25, -0.2) is 0 Å². The summed E-state index contributed by atoms with van der Waals surface area (Å²) in [6.07, 6.45) is 0. The molecule has 0 saturated carbocycles. The van der Waals surface area contributed by atoms with Crippen molar-refractivity contribution in [3.8, 4) is 5.75 Å². The molecule has 24 heavy (non-hydrogen) atoms. The van der Waals surface area contributed by atoms with Gasteiger partial charge in [-0.05, 0) is 36.8 Å². The van der Waals surface area contributed by atoms with E-state index in [0.717, 1.165) is 43.1 Å². The van der Waals surface area contributed by atoms with Gasteiger partial charge in [0.05, 0.1) is 15.6 Å². The van der Waals surface area contributed by atoms with E-state index in [4.69, 9.17) is 11.6 Å². The first-order valence-electron chi connectivity index (χ1n) is 7.69. The summed E-state index contributed by atoms with van der Waals surface area (Å²) in [4.78, 5) is 14.9. The normalized spacial score (nSPS) is 14.8. The molecule has 1 aliphatic heterocycles. The van der Waals surface area contributed by atoms with E-state index >= 15 is 0 Å². The van der Waals surface area contributed by atoms with Crippen LogP contribution < -0.4 is 9.80 Å². The van der Waals surface area contributed by atoms with Crippen LogP contribution in [0, 0.1) is 17.0 Å². The van der Waals surface area contributed by atoms with E-state index in [0.29, 0.717) is 5.02 Å². The highest BCUT2D eigenvalue weighted by Gasteiger charge is 2.22. The molecule has 7 heteroatoms. The van der Waals surface area contributed by atoms with Gasteiger partial charge in [-0.2, -0.15) is 0 Å². The lowest BCUT2D eigenvalue weighted by molar-refractivity contribution is -0.384. The molecule has 0 aliphatic carbocycles. The van der Waals surface area contributed by atoms with Crippen molar-refractivity contribution in [2.75, 3.05) is 36.0 Å². The van der Waals surface area contributed by atoms with E-state index in [2.05, 4.69) is 9.80 Å². The Morgan fingerprint density at radius 1 is 1.08 bits per heavy atom. The molecule has 6 nitrogen and oxygen atoms in total. The minimum Gasteiger partial charge on any atom is -0.508 e. The van der Waals surface area contributed by atoms with Crippen LogP contribution in [0.5, 0.6) is 5.75 Å². The number of nitrogens with zero attached hydrogens (tertiary/aromatic N) is 3. The molecule has 0 radical (unpaired) electrons. The zero-order valence-electron chi connectivity index (χ0n) is 13.3. The van der Waals surface area contributed by atoms with E-state index in [-0.39, 0.29) is 11.4 Å². The summed E-state index contributed by atoms with van der Waals surface area (Å²) in [6, 6.07) is 10.1. The van der Waals surface area contributed by atoms with Crippen LogP contribution in [0.4, 0.5) is 17.1 Å². The Morgan fingerprint density at radius 2 is 1.67 bits per heavy atom. The van der Waals surface area contributed by atoms with E-state index in [9.17, 15) is 15.2 Å². The van der Waals surface area contributed by atoms with Crippen LogP contribution in [0.3, 0.4) is 0 Å². The number of anilines is 2. The highest BCUT2D eigenvalue weighted by atomic mass is 35.5. The summed E-state index contributed by atoms with van der Waals surface area (Å²) in [5.41, 5.74) is 2.77. The van der Waals surface area contributed by atoms with Crippen molar-refractivity contribution in [2.24, 2.45) is 0 Å². The van der Waals surface area contributed by atoms with Gasteiger partial charge in [0.25, 0.3) is 5.69 Å². The number of nitro groups is 1. The third-order valence-corrected chi connectivity index (χ3v) is 4.55. The van der Waals surface area contributed by atoms with E-state index in [1.807, 2.05) is 19.1 Å². The summed E-state index contributed by atoms with van der Waals surface area (Å²) in [7, 11) is 0. The molecule has 1 fully saturated rings. The van der Waals surface area contributed by atoms with Crippen LogP contribution in [-0.4, -0.2) is 36.2 Å². The largest absolute Gasteiger partial charge is 0.508 e. The standard InChI is InChI=1S/C17H18ClN3O3/c1-12-10-14(21(23)24)11-16(18)17(12)20-8-6-19(7-9-20)13-2-4-15(22)5-3-13/h2-5,10-11,22H,6-9H2,1H3. The highest BCUT2D eigenvalue weighted by Crippen LogP contribution is 2.34. The zero-order chi connectivity index (χ0) is 17.3. The van der Waals surface area contributed by atoms with Crippen molar-refractivity contribution in [2.45, 2.75) is 6.92 Å². The van der Waals surface area contributed by atoms with Gasteiger partial charge in [-0.1, -0.05) is 11.6 Å². The smallest absolute Gasteiger partial charge is 0.271 e. The second-order valence-electron chi connectivity index (χ2n) is 5.84. The Balaban J connectivity index is 1.75. The average Bonchev–Trinajstić information content (AvgIpc) is 2.55. The highest BCUT2D eigenvalue weighted by molar-refractivity contribution is 6.33. The van der Waals surface area contributed by atoms with Crippen molar-refractivity contribution in [1.29, 1.82) is 0 Å². The first kappa shape index (κ1) is 16.4. The molecule has 3 rings (SSSR count). The number of benzene rings is 2. The first-order valence-corrected chi connectivity index (χ1v) is 8.07. The molecule has 0 spiro atoms. The number of non-ortho nitro benzene ring substituents is 1. The topological polar surface area (TPSA) is 69.9 Å². The molecule has 0 unspecified atom stereocenters. The van der Waals surface area contributed by atoms with Crippen molar-refractivity contribution in [3.05, 3.63) is 57.1 Å². The average molecular weight is 348 g/mol. The number of hydrogen-bond acceptors (Lipinski definition) is 5. The Labute approximate surface area is 145 Å². The van der Waals surface area contributed by atoms with Gasteiger partial charge >= 0.3 is 0 Å². The molecule has 1 saturated heterocycles. The van der Waals surface area contributed by atoms with Crippen LogP contribution in [0.2, 0.25) is 5.02 Å². The maximum absolute atomic E-state index is 10.9. The van der Waals surface area contributed by atoms with Crippen molar-refractivity contribution in [1.82, 2.24) is 0 Å². The second kappa shape index (κ2) is 6.57. The maximum atomic E-state index is 10.9. The number of aromatic hydroxyl groups is 1. The minimum absolute atomic E-state index is 0.0176. The van der Waals surface area contributed by atoms with Crippen LogP contribution in [0.1, 0.15) is 5.56 Å². The van der Waals surface area contributed by atoms with Gasteiger partial charge in [0.2, 0.25) is 0 Å². The zero-order valence-corrected chi connectivity index (χ0v) is 14.0. The molecule has 126 valence electrons. The molecule has 1 heterocycles. The Hall–Kier alpha value is -2.47. The molecular formula is C17H18ClN3O3. The fraction of sp³-hybridized carbons (Fsp3) is 0.294. The monoisotopic (exact) mass is 347 g/mol. The summed E-state index contributed by atoms with van der Waals surface area (Å²) in [6.45, 7) is 5.04. The molecule has 1 aliphatic rings. The van der Waals surface area contributed by atoms with Gasteiger partial charge in [-0.15, -0.1) is 0 Å².